The van der Waals surface area contributed by atoms with E-state index in [9.17, 15) is 0 Å². The predicted octanol–water partition coefficient (Wildman–Crippen LogP) is 0.791. The summed E-state index contributed by atoms with van der Waals surface area (Å²) in [6, 6.07) is 1.93. The number of hydrogen-bond donors (Lipinski definition) is 1. The maximum Gasteiger partial charge on any atom is 0.0794 e. The maximum atomic E-state index is 8.19. The van der Waals surface area contributed by atoms with E-state index in [0.29, 0.717) is 5.71 Å². The van der Waals surface area contributed by atoms with Gasteiger partial charge in [0, 0.05) is 0 Å². The second-order valence-electron chi connectivity index (χ2n) is 1.69. The van der Waals surface area contributed by atoms with E-state index in [0.717, 1.165) is 5.57 Å². The number of hydrazone groups is 1. The fourth-order valence-electron chi connectivity index (χ4n) is 0.382. The van der Waals surface area contributed by atoms with Gasteiger partial charge in [0.1, 0.15) is 0 Å². The molecule has 2 N–H and O–H groups in total. The summed E-state index contributed by atoms with van der Waals surface area (Å²) in [7, 11) is 0. The lowest BCUT2D eigenvalue weighted by atomic mass is 10.2. The van der Waals surface area contributed by atoms with Gasteiger partial charge in [0.2, 0.25) is 0 Å². The number of allylic oxidation sites excluding steroid dienone is 1. The van der Waals surface area contributed by atoms with Crippen LogP contribution in [-0.4, -0.2) is 5.71 Å². The second-order valence-corrected chi connectivity index (χ2v) is 1.69. The summed E-state index contributed by atoms with van der Waals surface area (Å²) in [6.45, 7) is 5.35. The smallest absolute Gasteiger partial charge is 0.0794 e. The molecular formula is C6H9N3. The summed E-state index contributed by atoms with van der Waals surface area (Å²) in [5.74, 6) is 4.94. The van der Waals surface area contributed by atoms with Gasteiger partial charge in [-0.15, -0.1) is 0 Å². The number of nitriles is 1. The molecule has 0 aliphatic rings. The third-order valence-electron chi connectivity index (χ3n) is 0.895. The Morgan fingerprint density at radius 2 is 2.44 bits per heavy atom. The molecule has 3 heteroatoms. The van der Waals surface area contributed by atoms with Gasteiger partial charge in [-0.1, -0.05) is 6.58 Å². The monoisotopic (exact) mass is 123 g/mol. The first-order valence-corrected chi connectivity index (χ1v) is 2.52. The SMILES string of the molecule is C=C(C)/C(CC#N)=N/N. The van der Waals surface area contributed by atoms with E-state index in [-0.39, 0.29) is 6.42 Å². The first-order chi connectivity index (χ1) is 4.22. The average Bonchev–Trinajstić information content (AvgIpc) is 1.82. The van der Waals surface area contributed by atoms with E-state index in [1.807, 2.05) is 6.07 Å². The van der Waals surface area contributed by atoms with E-state index >= 15 is 0 Å². The van der Waals surface area contributed by atoms with Crippen molar-refractivity contribution >= 4 is 5.71 Å². The topological polar surface area (TPSA) is 62.2 Å². The molecule has 0 aliphatic carbocycles. The number of nitrogens with two attached hydrogens (primary N) is 1. The van der Waals surface area contributed by atoms with Gasteiger partial charge in [0.25, 0.3) is 0 Å². The van der Waals surface area contributed by atoms with Crippen molar-refractivity contribution in [2.75, 3.05) is 0 Å². The Kier molecular flexibility index (Phi) is 3.14. The lowest BCUT2D eigenvalue weighted by Gasteiger charge is -1.94. The number of rotatable bonds is 2. The van der Waals surface area contributed by atoms with E-state index in [4.69, 9.17) is 11.1 Å². The van der Waals surface area contributed by atoms with Crippen LogP contribution in [0.15, 0.2) is 17.3 Å². The van der Waals surface area contributed by atoms with E-state index in [2.05, 4.69) is 11.7 Å². The number of hydrogen-bond acceptors (Lipinski definition) is 3. The molecule has 0 saturated carbocycles. The molecule has 0 atom stereocenters. The molecule has 48 valence electrons. The largest absolute Gasteiger partial charge is 0.323 e. The third-order valence-corrected chi connectivity index (χ3v) is 0.895. The van der Waals surface area contributed by atoms with Crippen molar-refractivity contribution in [3.05, 3.63) is 12.2 Å². The third kappa shape index (κ3) is 2.50. The minimum Gasteiger partial charge on any atom is -0.323 e. The van der Waals surface area contributed by atoms with Crippen molar-refractivity contribution in [3.63, 3.8) is 0 Å². The lowest BCUT2D eigenvalue weighted by molar-refractivity contribution is 1.21. The summed E-state index contributed by atoms with van der Waals surface area (Å²) in [5, 5.41) is 11.6. The van der Waals surface area contributed by atoms with Crippen LogP contribution in [0.3, 0.4) is 0 Å². The van der Waals surface area contributed by atoms with Gasteiger partial charge >= 0.3 is 0 Å². The summed E-state index contributed by atoms with van der Waals surface area (Å²) in [6.07, 6.45) is 0.242. The van der Waals surface area contributed by atoms with E-state index < -0.39 is 0 Å². The van der Waals surface area contributed by atoms with Crippen LogP contribution in [0.4, 0.5) is 0 Å². The minimum absolute atomic E-state index is 0.242. The molecule has 0 rings (SSSR count). The summed E-state index contributed by atoms with van der Waals surface area (Å²) < 4.78 is 0. The van der Waals surface area contributed by atoms with Crippen LogP contribution in [0.2, 0.25) is 0 Å². The Balaban J connectivity index is 4.06. The molecule has 9 heavy (non-hydrogen) atoms. The maximum absolute atomic E-state index is 8.19. The molecule has 0 spiro atoms. The van der Waals surface area contributed by atoms with Gasteiger partial charge in [-0.05, 0) is 12.5 Å². The van der Waals surface area contributed by atoms with E-state index in [1.165, 1.54) is 0 Å². The Labute approximate surface area is 54.5 Å². The van der Waals surface area contributed by atoms with Crippen LogP contribution in [0, 0.1) is 11.3 Å². The Morgan fingerprint density at radius 3 is 2.56 bits per heavy atom. The predicted molar refractivity (Wildman–Crippen MR) is 36.7 cm³/mol. The fourth-order valence-corrected chi connectivity index (χ4v) is 0.382. The van der Waals surface area contributed by atoms with Crippen LogP contribution in [0.5, 0.6) is 0 Å². The lowest BCUT2D eigenvalue weighted by Crippen LogP contribution is -2.01. The van der Waals surface area contributed by atoms with Gasteiger partial charge in [0.15, 0.2) is 0 Å². The molecule has 0 radical (unpaired) electrons. The number of nitrogens with zero attached hydrogens (tertiary/aromatic N) is 2. The van der Waals surface area contributed by atoms with Crippen molar-refractivity contribution in [2.45, 2.75) is 13.3 Å². The van der Waals surface area contributed by atoms with Crippen LogP contribution >= 0.6 is 0 Å². The minimum atomic E-state index is 0.242. The quantitative estimate of drug-likeness (QED) is 0.335. The van der Waals surface area contributed by atoms with Crippen LogP contribution in [0.25, 0.3) is 0 Å². The first kappa shape index (κ1) is 7.70. The van der Waals surface area contributed by atoms with Crippen LogP contribution in [0.1, 0.15) is 13.3 Å². The molecule has 0 amide bonds. The fraction of sp³-hybridized carbons (Fsp3) is 0.333. The Morgan fingerprint density at radius 1 is 1.89 bits per heavy atom. The Hall–Kier alpha value is -1.30. The molecule has 0 fully saturated rings. The summed E-state index contributed by atoms with van der Waals surface area (Å²) in [4.78, 5) is 0. The van der Waals surface area contributed by atoms with Gasteiger partial charge in [-0.25, -0.2) is 0 Å². The highest BCUT2D eigenvalue weighted by Crippen LogP contribution is 1.94. The van der Waals surface area contributed by atoms with Crippen molar-refractivity contribution < 1.29 is 0 Å². The van der Waals surface area contributed by atoms with Crippen LogP contribution < -0.4 is 5.84 Å². The highest BCUT2D eigenvalue weighted by atomic mass is 15.1. The zero-order valence-corrected chi connectivity index (χ0v) is 5.39. The molecule has 0 aliphatic heterocycles. The molecule has 0 aromatic carbocycles. The first-order valence-electron chi connectivity index (χ1n) is 2.52. The summed E-state index contributed by atoms with van der Waals surface area (Å²) in [5.41, 5.74) is 1.32. The van der Waals surface area contributed by atoms with Crippen molar-refractivity contribution in [1.82, 2.24) is 0 Å². The molecule has 0 saturated heterocycles. The molecule has 0 bridgehead atoms. The molecule has 0 aromatic rings. The summed E-state index contributed by atoms with van der Waals surface area (Å²) >= 11 is 0. The van der Waals surface area contributed by atoms with Crippen molar-refractivity contribution in [3.8, 4) is 6.07 Å². The highest BCUT2D eigenvalue weighted by molar-refractivity contribution is 6.00. The highest BCUT2D eigenvalue weighted by Gasteiger charge is 1.96. The molecule has 3 nitrogen and oxygen atoms in total. The van der Waals surface area contributed by atoms with Gasteiger partial charge in [-0.2, -0.15) is 10.4 Å². The average molecular weight is 123 g/mol. The van der Waals surface area contributed by atoms with Crippen molar-refractivity contribution in [2.24, 2.45) is 10.9 Å². The Bertz CT molecular complexity index is 173. The zero-order valence-electron chi connectivity index (χ0n) is 5.39. The molecular weight excluding hydrogens is 114 g/mol. The standard InChI is InChI=1S/C6H9N3/c1-5(2)6(9-8)3-4-7/h1,3,8H2,2H3/b9-6+. The second kappa shape index (κ2) is 3.67. The van der Waals surface area contributed by atoms with Crippen LogP contribution in [-0.2, 0) is 0 Å². The van der Waals surface area contributed by atoms with Gasteiger partial charge in [-0.3, -0.25) is 0 Å². The molecule has 0 aromatic heterocycles. The van der Waals surface area contributed by atoms with Crippen molar-refractivity contribution in [1.29, 1.82) is 5.26 Å². The zero-order chi connectivity index (χ0) is 7.28. The molecule has 0 unspecified atom stereocenters. The van der Waals surface area contributed by atoms with E-state index in [1.54, 1.807) is 6.92 Å². The van der Waals surface area contributed by atoms with Gasteiger partial charge < -0.3 is 5.84 Å². The molecule has 0 heterocycles. The van der Waals surface area contributed by atoms with Gasteiger partial charge in [0.05, 0.1) is 18.2 Å². The normalized spacial score (nSPS) is 10.4.